The molecule has 18 heavy (non-hydrogen) atoms. The van der Waals surface area contributed by atoms with Crippen LogP contribution < -0.4 is 56.1 Å². The van der Waals surface area contributed by atoms with Crippen molar-refractivity contribution in [1.29, 1.82) is 0 Å². The molecule has 1 rings (SSSR count). The zero-order valence-corrected chi connectivity index (χ0v) is 12.1. The van der Waals surface area contributed by atoms with Gasteiger partial charge in [0.25, 0.3) is 0 Å². The molecule has 0 aliphatic rings. The second-order valence-electron chi connectivity index (χ2n) is 3.01. The third-order valence-corrected chi connectivity index (χ3v) is 1.63. The van der Waals surface area contributed by atoms with Crippen molar-refractivity contribution < 1.29 is 82.8 Å². The van der Waals surface area contributed by atoms with Gasteiger partial charge in [-0.3, -0.25) is 10.1 Å². The van der Waals surface area contributed by atoms with Gasteiger partial charge >= 0.3 is 64.0 Å². The molecular formula is C7H4BF5KNO3. The van der Waals surface area contributed by atoms with Crippen molar-refractivity contribution in [2.45, 2.75) is 0 Å². The average molecular weight is 295 g/mol. The predicted octanol–water partition coefficient (Wildman–Crippen LogP) is -0.358. The Labute approximate surface area is 140 Å². The van der Waals surface area contributed by atoms with Gasteiger partial charge in [-0.25, -0.2) is 4.39 Å². The van der Waals surface area contributed by atoms with Crippen molar-refractivity contribution in [3.63, 3.8) is 0 Å². The van der Waals surface area contributed by atoms with Gasteiger partial charge in [0.2, 0.25) is 5.82 Å². The first-order chi connectivity index (χ1) is 7.70. The van der Waals surface area contributed by atoms with Gasteiger partial charge in [0.1, 0.15) is 0 Å². The monoisotopic (exact) mass is 295 g/mol. The van der Waals surface area contributed by atoms with Gasteiger partial charge in [-0.2, -0.15) is 4.39 Å². The fourth-order valence-corrected chi connectivity index (χ4v) is 0.953. The van der Waals surface area contributed by atoms with E-state index in [4.69, 9.17) is 0 Å². The average Bonchev–Trinajstić information content (AvgIpc) is 2.17. The maximum atomic E-state index is 13.0. The van der Waals surface area contributed by atoms with Gasteiger partial charge in [-0.05, 0) is 0 Å². The van der Waals surface area contributed by atoms with Crippen molar-refractivity contribution in [2.75, 3.05) is 6.51 Å². The number of nitro benzene ring substituents is 1. The Hall–Kier alpha value is -0.229. The second-order valence-corrected chi connectivity index (χ2v) is 3.01. The van der Waals surface area contributed by atoms with Crippen LogP contribution in [0.4, 0.5) is 27.4 Å². The third-order valence-electron chi connectivity index (χ3n) is 1.63. The molecule has 0 amide bonds. The van der Waals surface area contributed by atoms with Crippen LogP contribution in [0, 0.1) is 21.7 Å². The van der Waals surface area contributed by atoms with Gasteiger partial charge in [-0.1, -0.05) is 0 Å². The van der Waals surface area contributed by atoms with Crippen LogP contribution in [0.2, 0.25) is 0 Å². The Morgan fingerprint density at radius 2 is 1.78 bits per heavy atom. The van der Waals surface area contributed by atoms with E-state index in [1.165, 1.54) is 0 Å². The maximum Gasteiger partial charge on any atom is 1.00 e. The summed E-state index contributed by atoms with van der Waals surface area (Å²) in [6.45, 7) is -7.08. The number of nitrogens with zero attached hydrogens (tertiary/aromatic N) is 1. The van der Waals surface area contributed by atoms with Crippen LogP contribution in [0.5, 0.6) is 5.75 Å². The van der Waals surface area contributed by atoms with Gasteiger partial charge in [0.05, 0.1) is 17.5 Å². The topological polar surface area (TPSA) is 52.4 Å². The van der Waals surface area contributed by atoms with Crippen LogP contribution in [0.15, 0.2) is 12.1 Å². The summed E-state index contributed by atoms with van der Waals surface area (Å²) in [7, 11) is 0. The van der Waals surface area contributed by atoms with Crippen molar-refractivity contribution in [2.24, 2.45) is 0 Å². The summed E-state index contributed by atoms with van der Waals surface area (Å²) in [6, 6.07) is 0.364. The molecule has 0 saturated heterocycles. The SMILES string of the molecule is O=[N+]([O-])c1cc(F)c(OC[B-](F)(F)F)cc1F.[K+]. The van der Waals surface area contributed by atoms with Crippen LogP contribution in [0.25, 0.3) is 0 Å². The largest absolute Gasteiger partial charge is 1.00 e. The van der Waals surface area contributed by atoms with Crippen molar-refractivity contribution >= 4 is 12.7 Å². The van der Waals surface area contributed by atoms with E-state index in [1.807, 2.05) is 0 Å². The maximum absolute atomic E-state index is 13.0. The van der Waals surface area contributed by atoms with Crippen molar-refractivity contribution in [1.82, 2.24) is 0 Å². The number of benzene rings is 1. The predicted molar refractivity (Wildman–Crippen MR) is 47.6 cm³/mol. The quantitative estimate of drug-likeness (QED) is 0.330. The molecule has 0 saturated carbocycles. The number of rotatable bonds is 4. The molecule has 0 heterocycles. The molecule has 0 aliphatic carbocycles. The molecule has 4 nitrogen and oxygen atoms in total. The molecular weight excluding hydrogens is 291 g/mol. The Balaban J connectivity index is 0.00000289. The number of hydrogen-bond acceptors (Lipinski definition) is 3. The summed E-state index contributed by atoms with van der Waals surface area (Å²) in [4.78, 5) is 8.99. The molecule has 1 aromatic carbocycles. The van der Waals surface area contributed by atoms with E-state index in [0.717, 1.165) is 0 Å². The van der Waals surface area contributed by atoms with E-state index >= 15 is 0 Å². The van der Waals surface area contributed by atoms with E-state index in [-0.39, 0.29) is 63.5 Å². The summed E-state index contributed by atoms with van der Waals surface area (Å²) < 4.78 is 65.3. The first-order valence-corrected chi connectivity index (χ1v) is 4.18. The van der Waals surface area contributed by atoms with Crippen molar-refractivity contribution in [3.8, 4) is 5.75 Å². The summed E-state index contributed by atoms with van der Waals surface area (Å²) in [5, 5.41) is 10.2. The fraction of sp³-hybridized carbons (Fsp3) is 0.143. The number of nitro groups is 1. The first kappa shape index (κ1) is 17.8. The molecule has 94 valence electrons. The first-order valence-electron chi connectivity index (χ1n) is 4.18. The normalized spacial score (nSPS) is 10.7. The van der Waals surface area contributed by atoms with E-state index in [2.05, 4.69) is 4.74 Å². The van der Waals surface area contributed by atoms with Crippen LogP contribution >= 0.6 is 0 Å². The minimum Gasteiger partial charge on any atom is -0.519 e. The smallest absolute Gasteiger partial charge is 0.519 e. The van der Waals surface area contributed by atoms with E-state index in [9.17, 15) is 31.8 Å². The molecule has 0 aromatic heterocycles. The van der Waals surface area contributed by atoms with Crippen molar-refractivity contribution in [3.05, 3.63) is 33.9 Å². The van der Waals surface area contributed by atoms with Gasteiger partial charge in [0.15, 0.2) is 11.6 Å². The summed E-state index contributed by atoms with van der Waals surface area (Å²) >= 11 is 0. The number of hydrogen-bond donors (Lipinski definition) is 0. The number of halogens is 5. The Morgan fingerprint density at radius 1 is 1.22 bits per heavy atom. The molecule has 0 bridgehead atoms. The van der Waals surface area contributed by atoms with E-state index in [1.54, 1.807) is 0 Å². The Morgan fingerprint density at radius 3 is 2.22 bits per heavy atom. The molecule has 0 N–H and O–H groups in total. The van der Waals surface area contributed by atoms with Gasteiger partial charge < -0.3 is 17.7 Å². The minimum atomic E-state index is -5.32. The molecule has 0 aliphatic heterocycles. The van der Waals surface area contributed by atoms with E-state index < -0.39 is 41.5 Å². The zero-order valence-electron chi connectivity index (χ0n) is 9.00. The standard InChI is InChI=1S/C7H4BF5NO3.K/c9-4-2-7(17-3-8(11,12)13)5(10)1-6(4)14(15)16;/h1-2H,3H2;/q-1;+1. The summed E-state index contributed by atoms with van der Waals surface area (Å²) in [5.41, 5.74) is -1.17. The molecule has 0 radical (unpaired) electrons. The van der Waals surface area contributed by atoms with Crippen LogP contribution in [-0.2, 0) is 0 Å². The van der Waals surface area contributed by atoms with Gasteiger partial charge in [0, 0.05) is 6.07 Å². The summed E-state index contributed by atoms with van der Waals surface area (Å²) in [5.74, 6) is -3.92. The van der Waals surface area contributed by atoms with Crippen LogP contribution in [0.3, 0.4) is 0 Å². The zero-order chi connectivity index (χ0) is 13.2. The van der Waals surface area contributed by atoms with Crippen LogP contribution in [0.1, 0.15) is 0 Å². The molecule has 1 aromatic rings. The second kappa shape index (κ2) is 6.80. The third kappa shape index (κ3) is 5.18. The van der Waals surface area contributed by atoms with Gasteiger partial charge in [-0.15, -0.1) is 0 Å². The molecule has 11 heteroatoms. The number of ether oxygens (including phenoxy) is 1. The molecule has 0 atom stereocenters. The molecule has 0 unspecified atom stereocenters. The molecule has 0 fully saturated rings. The summed E-state index contributed by atoms with van der Waals surface area (Å²) in [6.07, 6.45) is 0. The Bertz CT molecular complexity index is 455. The fourth-order valence-electron chi connectivity index (χ4n) is 0.953. The van der Waals surface area contributed by atoms with Crippen LogP contribution in [-0.4, -0.2) is 18.4 Å². The molecule has 0 spiro atoms. The minimum absolute atomic E-state index is 0. The van der Waals surface area contributed by atoms with E-state index in [0.29, 0.717) is 0 Å². The Kier molecular flexibility index (Phi) is 6.71.